The SMILES string of the molecule is CS(=O)(=O)CNc1ccccc1C(=O)NCC1CCCO1. The first-order valence-corrected chi connectivity index (χ1v) is 8.92. The minimum Gasteiger partial charge on any atom is -0.376 e. The van der Waals surface area contributed by atoms with Crippen LogP contribution in [0.25, 0.3) is 0 Å². The third kappa shape index (κ3) is 5.02. The molecule has 2 N–H and O–H groups in total. The summed E-state index contributed by atoms with van der Waals surface area (Å²) in [6.45, 7) is 1.21. The van der Waals surface area contributed by atoms with Crippen LogP contribution in [0.5, 0.6) is 0 Å². The Morgan fingerprint density at radius 1 is 1.38 bits per heavy atom. The van der Waals surface area contributed by atoms with Crippen molar-refractivity contribution in [1.29, 1.82) is 0 Å². The van der Waals surface area contributed by atoms with Gasteiger partial charge in [0.25, 0.3) is 5.91 Å². The molecule has 6 nitrogen and oxygen atoms in total. The highest BCUT2D eigenvalue weighted by Gasteiger charge is 2.18. The number of benzene rings is 1. The topological polar surface area (TPSA) is 84.5 Å². The van der Waals surface area contributed by atoms with Crippen molar-refractivity contribution in [2.75, 3.05) is 30.6 Å². The summed E-state index contributed by atoms with van der Waals surface area (Å²) in [7, 11) is -3.15. The van der Waals surface area contributed by atoms with Crippen LogP contribution in [0.4, 0.5) is 5.69 Å². The van der Waals surface area contributed by atoms with Gasteiger partial charge in [0.2, 0.25) is 0 Å². The fourth-order valence-electron chi connectivity index (χ4n) is 2.15. The van der Waals surface area contributed by atoms with E-state index >= 15 is 0 Å². The van der Waals surface area contributed by atoms with Crippen molar-refractivity contribution in [3.63, 3.8) is 0 Å². The number of amides is 1. The lowest BCUT2D eigenvalue weighted by Crippen LogP contribution is -2.32. The quantitative estimate of drug-likeness (QED) is 0.819. The minimum atomic E-state index is -3.15. The Balaban J connectivity index is 1.98. The summed E-state index contributed by atoms with van der Waals surface area (Å²) in [6, 6.07) is 6.84. The molecule has 0 aromatic heterocycles. The first kappa shape index (κ1) is 15.8. The molecule has 1 aromatic carbocycles. The summed E-state index contributed by atoms with van der Waals surface area (Å²) >= 11 is 0. The Hall–Kier alpha value is -1.60. The van der Waals surface area contributed by atoms with Crippen molar-refractivity contribution in [3.8, 4) is 0 Å². The third-order valence-corrected chi connectivity index (χ3v) is 3.88. The van der Waals surface area contributed by atoms with Gasteiger partial charge in [-0.3, -0.25) is 4.79 Å². The molecule has 0 radical (unpaired) electrons. The van der Waals surface area contributed by atoms with E-state index in [-0.39, 0.29) is 17.9 Å². The van der Waals surface area contributed by atoms with Crippen molar-refractivity contribution < 1.29 is 17.9 Å². The minimum absolute atomic E-state index is 0.0742. The van der Waals surface area contributed by atoms with Gasteiger partial charge in [-0.25, -0.2) is 8.42 Å². The van der Waals surface area contributed by atoms with Crippen molar-refractivity contribution in [2.24, 2.45) is 0 Å². The maximum atomic E-state index is 12.2. The third-order valence-electron chi connectivity index (χ3n) is 3.21. The molecule has 1 saturated heterocycles. The Morgan fingerprint density at radius 3 is 2.81 bits per heavy atom. The van der Waals surface area contributed by atoms with Gasteiger partial charge in [-0.1, -0.05) is 12.1 Å². The number of hydrogen-bond donors (Lipinski definition) is 2. The van der Waals surface area contributed by atoms with Gasteiger partial charge in [-0.2, -0.15) is 0 Å². The molecule has 0 aliphatic carbocycles. The number of nitrogens with one attached hydrogen (secondary N) is 2. The molecule has 1 atom stereocenters. The van der Waals surface area contributed by atoms with Gasteiger partial charge in [0.1, 0.15) is 5.88 Å². The van der Waals surface area contributed by atoms with E-state index in [9.17, 15) is 13.2 Å². The fraction of sp³-hybridized carbons (Fsp3) is 0.500. The van der Waals surface area contributed by atoms with Crippen LogP contribution in [-0.4, -0.2) is 45.7 Å². The molecule has 2 rings (SSSR count). The summed E-state index contributed by atoms with van der Waals surface area (Å²) in [5.41, 5.74) is 0.937. The van der Waals surface area contributed by atoms with Crippen molar-refractivity contribution in [1.82, 2.24) is 5.32 Å². The number of carbonyl (C=O) groups is 1. The molecular weight excluding hydrogens is 292 g/mol. The van der Waals surface area contributed by atoms with Crippen LogP contribution in [0, 0.1) is 0 Å². The Bertz CT molecular complexity index is 595. The van der Waals surface area contributed by atoms with Gasteiger partial charge < -0.3 is 15.4 Å². The number of sulfone groups is 1. The molecule has 7 heteroatoms. The average Bonchev–Trinajstić information content (AvgIpc) is 2.95. The maximum absolute atomic E-state index is 12.2. The lowest BCUT2D eigenvalue weighted by molar-refractivity contribution is 0.0858. The molecule has 1 heterocycles. The molecule has 1 aliphatic rings. The molecule has 1 amide bonds. The van der Waals surface area contributed by atoms with E-state index in [1.165, 1.54) is 0 Å². The maximum Gasteiger partial charge on any atom is 0.253 e. The van der Waals surface area contributed by atoms with E-state index in [1.807, 2.05) is 0 Å². The normalized spacial score (nSPS) is 18.4. The highest BCUT2D eigenvalue weighted by Crippen LogP contribution is 2.16. The van der Waals surface area contributed by atoms with Crippen LogP contribution >= 0.6 is 0 Å². The van der Waals surface area contributed by atoms with Gasteiger partial charge in [0.15, 0.2) is 9.84 Å². The van der Waals surface area contributed by atoms with Crippen LogP contribution in [0.2, 0.25) is 0 Å². The van der Waals surface area contributed by atoms with Crippen LogP contribution in [0.3, 0.4) is 0 Å². The zero-order valence-corrected chi connectivity index (χ0v) is 12.8. The average molecular weight is 312 g/mol. The molecule has 1 aromatic rings. The smallest absolute Gasteiger partial charge is 0.253 e. The van der Waals surface area contributed by atoms with Gasteiger partial charge in [-0.15, -0.1) is 0 Å². The second kappa shape index (κ2) is 6.91. The molecule has 1 unspecified atom stereocenters. The molecule has 0 spiro atoms. The monoisotopic (exact) mass is 312 g/mol. The van der Waals surface area contributed by atoms with Crippen molar-refractivity contribution in [2.45, 2.75) is 18.9 Å². The number of rotatable bonds is 6. The summed E-state index contributed by atoms with van der Waals surface area (Å²) < 4.78 is 27.9. The number of hydrogen-bond acceptors (Lipinski definition) is 5. The number of anilines is 1. The Morgan fingerprint density at radius 2 is 2.14 bits per heavy atom. The lowest BCUT2D eigenvalue weighted by Gasteiger charge is -2.14. The largest absolute Gasteiger partial charge is 0.376 e. The molecule has 0 bridgehead atoms. The van der Waals surface area contributed by atoms with Crippen LogP contribution in [0.1, 0.15) is 23.2 Å². The van der Waals surface area contributed by atoms with E-state index in [2.05, 4.69) is 10.6 Å². The van der Waals surface area contributed by atoms with E-state index < -0.39 is 9.84 Å². The predicted molar refractivity (Wildman–Crippen MR) is 81.1 cm³/mol. The highest BCUT2D eigenvalue weighted by molar-refractivity contribution is 7.90. The first-order valence-electron chi connectivity index (χ1n) is 6.86. The van der Waals surface area contributed by atoms with E-state index in [0.29, 0.717) is 17.8 Å². The van der Waals surface area contributed by atoms with E-state index in [4.69, 9.17) is 4.74 Å². The Kier molecular flexibility index (Phi) is 5.19. The summed E-state index contributed by atoms with van der Waals surface area (Å²) in [5, 5.41) is 5.61. The fourth-order valence-corrected chi connectivity index (χ4v) is 2.57. The molecule has 0 saturated carbocycles. The van der Waals surface area contributed by atoms with Crippen molar-refractivity contribution in [3.05, 3.63) is 29.8 Å². The molecule has 116 valence electrons. The first-order chi connectivity index (χ1) is 9.96. The van der Waals surface area contributed by atoms with Gasteiger partial charge in [0, 0.05) is 25.1 Å². The molecule has 21 heavy (non-hydrogen) atoms. The van der Waals surface area contributed by atoms with Gasteiger partial charge in [0.05, 0.1) is 11.7 Å². The second-order valence-corrected chi connectivity index (χ2v) is 7.28. The van der Waals surface area contributed by atoms with E-state index in [0.717, 1.165) is 25.7 Å². The summed E-state index contributed by atoms with van der Waals surface area (Å²) in [6.07, 6.45) is 3.19. The molecular formula is C14H20N2O4S. The number of para-hydroxylation sites is 1. The van der Waals surface area contributed by atoms with Crippen LogP contribution < -0.4 is 10.6 Å². The van der Waals surface area contributed by atoms with Crippen molar-refractivity contribution >= 4 is 21.4 Å². The number of ether oxygens (including phenoxy) is 1. The molecule has 1 fully saturated rings. The zero-order valence-electron chi connectivity index (χ0n) is 12.0. The van der Waals surface area contributed by atoms with Gasteiger partial charge >= 0.3 is 0 Å². The van der Waals surface area contributed by atoms with Crippen LogP contribution in [-0.2, 0) is 14.6 Å². The predicted octanol–water partition coefficient (Wildman–Crippen LogP) is 1.01. The zero-order chi connectivity index (χ0) is 15.3. The summed E-state index contributed by atoms with van der Waals surface area (Å²) in [4.78, 5) is 12.2. The lowest BCUT2D eigenvalue weighted by atomic mass is 10.1. The Labute approximate surface area is 124 Å². The summed E-state index contributed by atoms with van der Waals surface area (Å²) in [5.74, 6) is -0.439. The highest BCUT2D eigenvalue weighted by atomic mass is 32.2. The van der Waals surface area contributed by atoms with Gasteiger partial charge in [-0.05, 0) is 25.0 Å². The molecule has 1 aliphatic heterocycles. The second-order valence-electron chi connectivity index (χ2n) is 5.14. The standard InChI is InChI=1S/C14H20N2O4S/c1-21(18,19)10-16-13-7-3-2-6-12(13)14(17)15-9-11-5-4-8-20-11/h2-3,6-7,11,16H,4-5,8-10H2,1H3,(H,15,17). The van der Waals surface area contributed by atoms with E-state index in [1.54, 1.807) is 24.3 Å². The van der Waals surface area contributed by atoms with Crippen LogP contribution in [0.15, 0.2) is 24.3 Å². The number of carbonyl (C=O) groups excluding carboxylic acids is 1.